The van der Waals surface area contributed by atoms with Gasteiger partial charge in [0, 0.05) is 18.3 Å². The van der Waals surface area contributed by atoms with Crippen LogP contribution in [0.15, 0.2) is 30.3 Å². The lowest BCUT2D eigenvalue weighted by Crippen LogP contribution is -2.30. The van der Waals surface area contributed by atoms with Crippen molar-refractivity contribution < 1.29 is 0 Å². The first-order valence-corrected chi connectivity index (χ1v) is 9.05. The zero-order valence-electron chi connectivity index (χ0n) is 15.5. The van der Waals surface area contributed by atoms with Crippen molar-refractivity contribution in [3.05, 3.63) is 47.3 Å². The van der Waals surface area contributed by atoms with Crippen LogP contribution in [0, 0.1) is 13.8 Å². The minimum atomic E-state index is 0.723. The summed E-state index contributed by atoms with van der Waals surface area (Å²) in [5.74, 6) is 0. The average Bonchev–Trinajstić information content (AvgIpc) is 2.74. The summed E-state index contributed by atoms with van der Waals surface area (Å²) in [5.41, 5.74) is 4.86. The SMILES string of the molecule is Cc1cc(C)n(-c2ccccc2CN2CCCC(N(C)C)CC2)n1. The molecule has 2 heterocycles. The van der Waals surface area contributed by atoms with Gasteiger partial charge < -0.3 is 4.90 Å². The van der Waals surface area contributed by atoms with E-state index in [0.29, 0.717) is 0 Å². The molecule has 0 N–H and O–H groups in total. The molecule has 0 aliphatic carbocycles. The minimum Gasteiger partial charge on any atom is -0.306 e. The zero-order valence-corrected chi connectivity index (χ0v) is 15.5. The van der Waals surface area contributed by atoms with Crippen LogP contribution in [-0.2, 0) is 6.54 Å². The number of nitrogens with zero attached hydrogens (tertiary/aromatic N) is 4. The fraction of sp³-hybridized carbons (Fsp3) is 0.550. The fourth-order valence-electron chi connectivity index (χ4n) is 3.78. The molecule has 1 aromatic heterocycles. The second kappa shape index (κ2) is 7.49. The highest BCUT2D eigenvalue weighted by atomic mass is 15.3. The lowest BCUT2D eigenvalue weighted by atomic mass is 10.1. The predicted molar refractivity (Wildman–Crippen MR) is 99.6 cm³/mol. The second-order valence-electron chi connectivity index (χ2n) is 7.29. The maximum atomic E-state index is 4.68. The Morgan fingerprint density at radius 1 is 1.12 bits per heavy atom. The molecule has 2 aromatic rings. The zero-order chi connectivity index (χ0) is 17.1. The number of hydrogen-bond donors (Lipinski definition) is 0. The third-order valence-corrected chi connectivity index (χ3v) is 5.14. The number of para-hydroxylation sites is 1. The maximum absolute atomic E-state index is 4.68. The first-order chi connectivity index (χ1) is 11.5. The van der Waals surface area contributed by atoms with Crippen LogP contribution in [0.2, 0.25) is 0 Å². The monoisotopic (exact) mass is 326 g/mol. The van der Waals surface area contributed by atoms with Crippen molar-refractivity contribution in [2.45, 2.75) is 45.7 Å². The first-order valence-electron chi connectivity index (χ1n) is 9.05. The average molecular weight is 326 g/mol. The van der Waals surface area contributed by atoms with Crippen LogP contribution >= 0.6 is 0 Å². The lowest BCUT2D eigenvalue weighted by molar-refractivity contribution is 0.245. The first kappa shape index (κ1) is 17.2. The van der Waals surface area contributed by atoms with Gasteiger partial charge in [0.25, 0.3) is 0 Å². The van der Waals surface area contributed by atoms with Crippen LogP contribution in [0.4, 0.5) is 0 Å². The molecular formula is C20H30N4. The van der Waals surface area contributed by atoms with E-state index in [0.717, 1.165) is 18.3 Å². The van der Waals surface area contributed by atoms with Gasteiger partial charge in [-0.25, -0.2) is 4.68 Å². The van der Waals surface area contributed by atoms with Crippen molar-refractivity contribution in [1.29, 1.82) is 0 Å². The summed E-state index contributed by atoms with van der Waals surface area (Å²) in [6, 6.07) is 11.6. The normalized spacial score (nSPS) is 19.6. The minimum absolute atomic E-state index is 0.723. The molecule has 0 radical (unpaired) electrons. The molecule has 0 bridgehead atoms. The number of rotatable bonds is 4. The molecule has 1 atom stereocenters. The van der Waals surface area contributed by atoms with Crippen LogP contribution in [0.3, 0.4) is 0 Å². The molecule has 0 spiro atoms. The van der Waals surface area contributed by atoms with Crippen molar-refractivity contribution in [3.8, 4) is 5.69 Å². The third-order valence-electron chi connectivity index (χ3n) is 5.14. The van der Waals surface area contributed by atoms with Crippen LogP contribution in [0.25, 0.3) is 5.69 Å². The van der Waals surface area contributed by atoms with Gasteiger partial charge in [0.15, 0.2) is 0 Å². The standard InChI is InChI=1S/C20H30N4/c1-16-14-17(2)24(21-16)20-10-6-5-8-18(20)15-23-12-7-9-19(11-13-23)22(3)4/h5-6,8,10,14,19H,7,9,11-13,15H2,1-4H3. The Morgan fingerprint density at radius 3 is 2.62 bits per heavy atom. The van der Waals surface area contributed by atoms with E-state index in [1.807, 2.05) is 0 Å². The Bertz CT molecular complexity index is 674. The Labute approximate surface area is 146 Å². The van der Waals surface area contributed by atoms with Crippen LogP contribution in [-0.4, -0.2) is 52.8 Å². The van der Waals surface area contributed by atoms with E-state index < -0.39 is 0 Å². The fourth-order valence-corrected chi connectivity index (χ4v) is 3.78. The molecule has 1 unspecified atom stereocenters. The van der Waals surface area contributed by atoms with E-state index in [1.54, 1.807) is 0 Å². The molecule has 0 saturated carbocycles. The lowest BCUT2D eigenvalue weighted by Gasteiger charge is -2.24. The largest absolute Gasteiger partial charge is 0.306 e. The van der Waals surface area contributed by atoms with Gasteiger partial charge in [0.1, 0.15) is 0 Å². The van der Waals surface area contributed by atoms with Crippen molar-refractivity contribution >= 4 is 0 Å². The molecule has 3 rings (SSSR count). The van der Waals surface area contributed by atoms with Crippen molar-refractivity contribution in [1.82, 2.24) is 19.6 Å². The van der Waals surface area contributed by atoms with Gasteiger partial charge in [-0.2, -0.15) is 5.10 Å². The number of aryl methyl sites for hydroxylation is 2. The van der Waals surface area contributed by atoms with Gasteiger partial charge in [-0.3, -0.25) is 4.90 Å². The molecule has 1 fully saturated rings. The van der Waals surface area contributed by atoms with E-state index in [2.05, 4.69) is 77.9 Å². The molecule has 1 aliphatic rings. The molecule has 4 heteroatoms. The summed E-state index contributed by atoms with van der Waals surface area (Å²) < 4.78 is 2.09. The van der Waals surface area contributed by atoms with Gasteiger partial charge in [0.05, 0.1) is 11.4 Å². The topological polar surface area (TPSA) is 24.3 Å². The quantitative estimate of drug-likeness (QED) is 0.860. The molecule has 130 valence electrons. The van der Waals surface area contributed by atoms with Crippen molar-refractivity contribution in [2.24, 2.45) is 0 Å². The van der Waals surface area contributed by atoms with Crippen molar-refractivity contribution in [2.75, 3.05) is 27.2 Å². The Hall–Kier alpha value is -1.65. The van der Waals surface area contributed by atoms with Gasteiger partial charge in [-0.05, 0) is 78.0 Å². The van der Waals surface area contributed by atoms with Gasteiger partial charge in [-0.15, -0.1) is 0 Å². The molecular weight excluding hydrogens is 296 g/mol. The van der Waals surface area contributed by atoms with E-state index in [4.69, 9.17) is 0 Å². The van der Waals surface area contributed by atoms with Gasteiger partial charge >= 0.3 is 0 Å². The van der Waals surface area contributed by atoms with E-state index in [9.17, 15) is 0 Å². The summed E-state index contributed by atoms with van der Waals surface area (Å²) in [6.07, 6.45) is 3.85. The van der Waals surface area contributed by atoms with Crippen LogP contribution in [0.1, 0.15) is 36.2 Å². The molecule has 4 nitrogen and oxygen atoms in total. The Balaban J connectivity index is 1.77. The summed E-state index contributed by atoms with van der Waals surface area (Å²) in [7, 11) is 4.41. The number of hydrogen-bond acceptors (Lipinski definition) is 3. The Morgan fingerprint density at radius 2 is 1.92 bits per heavy atom. The highest BCUT2D eigenvalue weighted by molar-refractivity contribution is 5.41. The molecule has 1 aliphatic heterocycles. The Kier molecular flexibility index (Phi) is 5.36. The highest BCUT2D eigenvalue weighted by Gasteiger charge is 2.19. The third kappa shape index (κ3) is 3.87. The molecule has 0 amide bonds. The smallest absolute Gasteiger partial charge is 0.0693 e. The summed E-state index contributed by atoms with van der Waals surface area (Å²) in [4.78, 5) is 4.99. The van der Waals surface area contributed by atoms with Gasteiger partial charge in [0.2, 0.25) is 0 Å². The van der Waals surface area contributed by atoms with Crippen LogP contribution in [0.5, 0.6) is 0 Å². The summed E-state index contributed by atoms with van der Waals surface area (Å²) in [5, 5.41) is 4.68. The van der Waals surface area contributed by atoms with Gasteiger partial charge in [-0.1, -0.05) is 18.2 Å². The van der Waals surface area contributed by atoms with Crippen LogP contribution < -0.4 is 0 Å². The number of benzene rings is 1. The maximum Gasteiger partial charge on any atom is 0.0693 e. The highest BCUT2D eigenvalue weighted by Crippen LogP contribution is 2.21. The second-order valence-corrected chi connectivity index (χ2v) is 7.29. The van der Waals surface area contributed by atoms with E-state index >= 15 is 0 Å². The summed E-state index contributed by atoms with van der Waals surface area (Å²) in [6.45, 7) is 7.56. The molecule has 1 saturated heterocycles. The predicted octanol–water partition coefficient (Wildman–Crippen LogP) is 3.41. The van der Waals surface area contributed by atoms with E-state index in [-0.39, 0.29) is 0 Å². The number of likely N-dealkylation sites (tertiary alicyclic amines) is 1. The molecule has 24 heavy (non-hydrogen) atoms. The molecule has 1 aromatic carbocycles. The van der Waals surface area contributed by atoms with Crippen molar-refractivity contribution in [3.63, 3.8) is 0 Å². The van der Waals surface area contributed by atoms with E-state index in [1.165, 1.54) is 49.3 Å². The number of aromatic nitrogens is 2. The summed E-state index contributed by atoms with van der Waals surface area (Å²) >= 11 is 0.